The van der Waals surface area contributed by atoms with Crippen LogP contribution in [0, 0.1) is 10.1 Å². The average Bonchev–Trinajstić information content (AvgIpc) is 3.32. The smallest absolute Gasteiger partial charge is 0.407 e. The number of nitrogens with one attached hydrogen (secondary N) is 1. The van der Waals surface area contributed by atoms with E-state index < -0.39 is 17.1 Å². The highest BCUT2D eigenvalue weighted by Crippen LogP contribution is 2.44. The average molecular weight is 394 g/mol. The van der Waals surface area contributed by atoms with E-state index in [9.17, 15) is 14.9 Å². The molecule has 7 heteroatoms. The minimum Gasteiger partial charge on any atom is -0.449 e. The Kier molecular flexibility index (Phi) is 5.08. The number of hydrogen-bond donors (Lipinski definition) is 1. The Balaban J connectivity index is 1.47. The number of carbonyl (C=O) groups excluding carboxylic acids is 1. The first-order chi connectivity index (χ1) is 13.6. The molecule has 0 fully saturated rings. The number of ether oxygens (including phenoxy) is 1. The van der Waals surface area contributed by atoms with Crippen molar-refractivity contribution in [3.63, 3.8) is 0 Å². The zero-order chi connectivity index (χ0) is 19.5. The van der Waals surface area contributed by atoms with Crippen molar-refractivity contribution < 1.29 is 14.5 Å². The lowest BCUT2D eigenvalue weighted by atomic mass is 9.98. The Morgan fingerprint density at radius 3 is 2.29 bits per heavy atom. The van der Waals surface area contributed by atoms with Gasteiger partial charge in [-0.15, -0.1) is 11.3 Å². The molecule has 28 heavy (non-hydrogen) atoms. The monoisotopic (exact) mass is 394 g/mol. The normalized spacial score (nSPS) is 13.4. The second-order valence-corrected chi connectivity index (χ2v) is 7.53. The molecule has 1 heterocycles. The number of alkyl carbamates (subject to hydrolysis) is 1. The maximum absolute atomic E-state index is 12.4. The number of hydrogen-bond acceptors (Lipinski definition) is 5. The lowest BCUT2D eigenvalue weighted by Gasteiger charge is -2.17. The number of fused-ring (bicyclic) bond motifs is 3. The predicted molar refractivity (Wildman–Crippen MR) is 107 cm³/mol. The van der Waals surface area contributed by atoms with Crippen molar-refractivity contribution in [2.45, 2.75) is 12.0 Å². The molecular formula is C21H18N2O4S. The van der Waals surface area contributed by atoms with Crippen LogP contribution < -0.4 is 5.32 Å². The fourth-order valence-electron chi connectivity index (χ4n) is 3.63. The number of nitro groups is 1. The summed E-state index contributed by atoms with van der Waals surface area (Å²) in [7, 11) is 0. The van der Waals surface area contributed by atoms with E-state index in [2.05, 4.69) is 17.4 Å². The molecule has 1 aliphatic carbocycles. The highest BCUT2D eigenvalue weighted by Gasteiger charge is 2.29. The third kappa shape index (κ3) is 3.61. The zero-order valence-electron chi connectivity index (χ0n) is 14.9. The summed E-state index contributed by atoms with van der Waals surface area (Å²) in [6.45, 7) is -0.208. The van der Waals surface area contributed by atoms with Gasteiger partial charge in [0.15, 0.2) is 0 Å². The molecule has 1 N–H and O–H groups in total. The summed E-state index contributed by atoms with van der Waals surface area (Å²) in [5, 5.41) is 15.4. The van der Waals surface area contributed by atoms with Gasteiger partial charge in [0.05, 0.1) is 0 Å². The summed E-state index contributed by atoms with van der Waals surface area (Å²) >= 11 is 1.37. The van der Waals surface area contributed by atoms with Crippen molar-refractivity contribution in [2.75, 3.05) is 13.2 Å². The van der Waals surface area contributed by atoms with Crippen LogP contribution in [0.3, 0.4) is 0 Å². The van der Waals surface area contributed by atoms with Gasteiger partial charge in [-0.05, 0) is 33.7 Å². The standard InChI is InChI=1S/C21H18N2O4S/c24-21(22-19(12-23(25)26)20-10-5-11-28-20)27-13-18-16-8-3-1-6-14(16)15-7-2-4-9-17(15)18/h1-11,18-19H,12-13H2,(H,22,24)/t19-/m1/s1. The third-order valence-corrected chi connectivity index (χ3v) is 5.84. The van der Waals surface area contributed by atoms with Gasteiger partial charge in [-0.2, -0.15) is 0 Å². The van der Waals surface area contributed by atoms with Crippen molar-refractivity contribution >= 4 is 17.4 Å². The van der Waals surface area contributed by atoms with Gasteiger partial charge < -0.3 is 10.1 Å². The Bertz CT molecular complexity index is 958. The first kappa shape index (κ1) is 18.2. The molecule has 1 amide bonds. The Morgan fingerprint density at radius 2 is 1.71 bits per heavy atom. The second kappa shape index (κ2) is 7.82. The van der Waals surface area contributed by atoms with Crippen LogP contribution in [0.2, 0.25) is 0 Å². The summed E-state index contributed by atoms with van der Waals surface area (Å²) in [6, 6.07) is 19.0. The Hall–Kier alpha value is -3.19. The quantitative estimate of drug-likeness (QED) is 0.489. The topological polar surface area (TPSA) is 81.5 Å². The van der Waals surface area contributed by atoms with Gasteiger partial charge in [0.1, 0.15) is 12.6 Å². The van der Waals surface area contributed by atoms with Crippen LogP contribution in [0.25, 0.3) is 11.1 Å². The maximum atomic E-state index is 12.4. The van der Waals surface area contributed by atoms with E-state index >= 15 is 0 Å². The summed E-state index contributed by atoms with van der Waals surface area (Å²) in [5.41, 5.74) is 4.54. The lowest BCUT2D eigenvalue weighted by molar-refractivity contribution is -0.484. The van der Waals surface area contributed by atoms with Gasteiger partial charge in [0.2, 0.25) is 6.54 Å². The third-order valence-electron chi connectivity index (χ3n) is 4.85. The van der Waals surface area contributed by atoms with E-state index in [0.29, 0.717) is 0 Å². The number of benzene rings is 2. The van der Waals surface area contributed by atoms with Crippen LogP contribution in [-0.2, 0) is 4.74 Å². The summed E-state index contributed by atoms with van der Waals surface area (Å²) in [6.07, 6.45) is -0.651. The predicted octanol–water partition coefficient (Wildman–Crippen LogP) is 4.60. The minimum atomic E-state index is -0.703. The summed E-state index contributed by atoms with van der Waals surface area (Å²) in [4.78, 5) is 23.6. The molecule has 0 saturated carbocycles. The van der Waals surface area contributed by atoms with E-state index in [1.165, 1.54) is 11.3 Å². The van der Waals surface area contributed by atoms with Crippen LogP contribution in [-0.4, -0.2) is 24.2 Å². The van der Waals surface area contributed by atoms with Crippen molar-refractivity contribution in [3.05, 3.63) is 92.2 Å². The molecule has 0 bridgehead atoms. The van der Waals surface area contributed by atoms with Gasteiger partial charge in [0, 0.05) is 15.7 Å². The van der Waals surface area contributed by atoms with Crippen molar-refractivity contribution in [2.24, 2.45) is 0 Å². The maximum Gasteiger partial charge on any atom is 0.407 e. The molecule has 0 aliphatic heterocycles. The number of thiophene rings is 1. The Morgan fingerprint density at radius 1 is 1.07 bits per heavy atom. The molecule has 0 spiro atoms. The van der Waals surface area contributed by atoms with Gasteiger partial charge >= 0.3 is 6.09 Å². The largest absolute Gasteiger partial charge is 0.449 e. The highest BCUT2D eigenvalue weighted by molar-refractivity contribution is 7.10. The number of rotatable bonds is 6. The van der Waals surface area contributed by atoms with Gasteiger partial charge in [-0.3, -0.25) is 10.1 Å². The number of amides is 1. The van der Waals surface area contributed by atoms with Crippen LogP contribution in [0.1, 0.15) is 28.0 Å². The fourth-order valence-corrected chi connectivity index (χ4v) is 4.40. The summed E-state index contributed by atoms with van der Waals surface area (Å²) < 4.78 is 5.48. The molecule has 3 aromatic rings. The van der Waals surface area contributed by atoms with Crippen molar-refractivity contribution in [3.8, 4) is 11.1 Å². The molecule has 0 unspecified atom stereocenters. The number of nitrogens with zero attached hydrogens (tertiary/aromatic N) is 1. The van der Waals surface area contributed by atoms with Crippen molar-refractivity contribution in [1.82, 2.24) is 5.32 Å². The molecule has 4 rings (SSSR count). The molecule has 2 aromatic carbocycles. The number of carbonyl (C=O) groups is 1. The van der Waals surface area contributed by atoms with Gasteiger partial charge in [-0.25, -0.2) is 4.79 Å². The van der Waals surface area contributed by atoms with Crippen LogP contribution in [0.5, 0.6) is 0 Å². The van der Waals surface area contributed by atoms with E-state index in [1.807, 2.05) is 41.8 Å². The highest BCUT2D eigenvalue weighted by atomic mass is 32.1. The van der Waals surface area contributed by atoms with Crippen molar-refractivity contribution in [1.29, 1.82) is 0 Å². The van der Waals surface area contributed by atoms with E-state index in [-0.39, 0.29) is 19.1 Å². The van der Waals surface area contributed by atoms with Crippen LogP contribution >= 0.6 is 11.3 Å². The first-order valence-electron chi connectivity index (χ1n) is 8.90. The fraction of sp³-hybridized carbons (Fsp3) is 0.190. The molecular weight excluding hydrogens is 376 g/mol. The molecule has 142 valence electrons. The SMILES string of the molecule is O=C(N[C@H](C[N+](=O)[O-])c1cccs1)OCC1c2ccccc2-c2ccccc21. The lowest BCUT2D eigenvalue weighted by Crippen LogP contribution is -2.33. The molecule has 1 atom stereocenters. The molecule has 0 saturated heterocycles. The van der Waals surface area contributed by atoms with Gasteiger partial charge in [-0.1, -0.05) is 54.6 Å². The van der Waals surface area contributed by atoms with Gasteiger partial charge in [0.25, 0.3) is 0 Å². The summed E-state index contributed by atoms with van der Waals surface area (Å²) in [5.74, 6) is -0.0474. The molecule has 6 nitrogen and oxygen atoms in total. The molecule has 1 aliphatic rings. The van der Waals surface area contributed by atoms with Crippen LogP contribution in [0.4, 0.5) is 4.79 Å². The van der Waals surface area contributed by atoms with E-state index in [0.717, 1.165) is 27.1 Å². The molecule has 1 aromatic heterocycles. The zero-order valence-corrected chi connectivity index (χ0v) is 15.7. The minimum absolute atomic E-state index is 0.0474. The van der Waals surface area contributed by atoms with Crippen LogP contribution in [0.15, 0.2) is 66.0 Å². The van der Waals surface area contributed by atoms with E-state index in [1.54, 1.807) is 12.1 Å². The Labute approximate surface area is 165 Å². The second-order valence-electron chi connectivity index (χ2n) is 6.55. The van der Waals surface area contributed by atoms with E-state index in [4.69, 9.17) is 4.74 Å². The molecule has 0 radical (unpaired) electrons. The first-order valence-corrected chi connectivity index (χ1v) is 9.78.